The van der Waals surface area contributed by atoms with E-state index in [0.29, 0.717) is 4.47 Å². The van der Waals surface area contributed by atoms with Crippen molar-refractivity contribution in [2.75, 3.05) is 0 Å². The van der Waals surface area contributed by atoms with Gasteiger partial charge in [0, 0.05) is 4.47 Å². The predicted molar refractivity (Wildman–Crippen MR) is 63.3 cm³/mol. The maximum absolute atomic E-state index is 13.8. The number of rotatable bonds is 3. The highest BCUT2D eigenvalue weighted by Crippen LogP contribution is 2.29. The summed E-state index contributed by atoms with van der Waals surface area (Å²) in [5.41, 5.74) is 0.135. The lowest BCUT2D eigenvalue weighted by Gasteiger charge is -2.10. The summed E-state index contributed by atoms with van der Waals surface area (Å²) in [4.78, 5) is 10.9. The minimum atomic E-state index is -1.10. The van der Waals surface area contributed by atoms with Crippen LogP contribution in [0.15, 0.2) is 22.7 Å². The molecule has 0 spiro atoms. The maximum atomic E-state index is 13.8. The van der Waals surface area contributed by atoms with E-state index in [2.05, 4.69) is 31.5 Å². The van der Waals surface area contributed by atoms with Crippen LogP contribution in [0.1, 0.15) is 13.0 Å². The molecule has 1 aromatic heterocycles. The van der Waals surface area contributed by atoms with Crippen LogP contribution in [0.25, 0.3) is 11.4 Å². The summed E-state index contributed by atoms with van der Waals surface area (Å²) >= 11 is 3.19. The second-order valence-electron chi connectivity index (χ2n) is 3.56. The highest BCUT2D eigenvalue weighted by molar-refractivity contribution is 9.10. The van der Waals surface area contributed by atoms with Crippen LogP contribution in [0.5, 0.6) is 0 Å². The molecule has 6 nitrogen and oxygen atoms in total. The molecule has 1 N–H and O–H groups in total. The van der Waals surface area contributed by atoms with Gasteiger partial charge in [-0.3, -0.25) is 0 Å². The number of carbonyl (C=O) groups is 1. The third kappa shape index (κ3) is 2.10. The second-order valence-corrected chi connectivity index (χ2v) is 4.41. The van der Waals surface area contributed by atoms with Gasteiger partial charge in [-0.05, 0) is 45.4 Å². The average molecular weight is 315 g/mol. The number of carboxylic acids is 1. The number of aromatic nitrogens is 4. The summed E-state index contributed by atoms with van der Waals surface area (Å²) in [6.07, 6.45) is 0. The third-order valence-corrected chi connectivity index (χ3v) is 3.06. The Bertz CT molecular complexity index is 581. The van der Waals surface area contributed by atoms with Crippen molar-refractivity contribution in [3.63, 3.8) is 0 Å². The van der Waals surface area contributed by atoms with Crippen molar-refractivity contribution in [1.29, 1.82) is 0 Å². The van der Waals surface area contributed by atoms with Gasteiger partial charge in [-0.1, -0.05) is 6.07 Å². The van der Waals surface area contributed by atoms with Crippen LogP contribution in [0.3, 0.4) is 0 Å². The lowest BCUT2D eigenvalue weighted by molar-refractivity contribution is -0.140. The first kappa shape index (κ1) is 12.6. The van der Waals surface area contributed by atoms with Crippen molar-refractivity contribution < 1.29 is 14.3 Å². The first-order valence-electron chi connectivity index (χ1n) is 4.97. The number of hydrogen-bond donors (Lipinski definition) is 1. The fourth-order valence-electron chi connectivity index (χ4n) is 1.44. The molecule has 18 heavy (non-hydrogen) atoms. The van der Waals surface area contributed by atoms with Crippen LogP contribution in [0.2, 0.25) is 0 Å². The molecule has 2 rings (SSSR count). The Balaban J connectivity index is 2.59. The van der Waals surface area contributed by atoms with E-state index in [4.69, 9.17) is 5.11 Å². The molecule has 1 unspecified atom stereocenters. The number of hydrogen-bond acceptors (Lipinski definition) is 4. The van der Waals surface area contributed by atoms with E-state index >= 15 is 0 Å². The number of tetrazole rings is 1. The van der Waals surface area contributed by atoms with Crippen molar-refractivity contribution in [3.05, 3.63) is 28.5 Å². The molecule has 0 saturated carbocycles. The molecule has 0 fully saturated rings. The zero-order valence-corrected chi connectivity index (χ0v) is 10.8. The molecule has 0 radical (unpaired) electrons. The molecule has 94 valence electrons. The zero-order chi connectivity index (χ0) is 13.3. The summed E-state index contributed by atoms with van der Waals surface area (Å²) in [6, 6.07) is 3.42. The molecular formula is C10H8BrFN4O2. The Hall–Kier alpha value is -1.83. The van der Waals surface area contributed by atoms with E-state index in [9.17, 15) is 9.18 Å². The van der Waals surface area contributed by atoms with E-state index in [1.54, 1.807) is 6.07 Å². The molecule has 0 aliphatic heterocycles. The molecule has 2 aromatic rings. The highest BCUT2D eigenvalue weighted by Gasteiger charge is 2.23. The smallest absolute Gasteiger partial charge is 0.328 e. The minimum Gasteiger partial charge on any atom is -0.480 e. The van der Waals surface area contributed by atoms with Gasteiger partial charge >= 0.3 is 5.97 Å². The second kappa shape index (κ2) is 4.81. The van der Waals surface area contributed by atoms with Crippen molar-refractivity contribution in [2.24, 2.45) is 0 Å². The largest absolute Gasteiger partial charge is 0.480 e. The maximum Gasteiger partial charge on any atom is 0.328 e. The Morgan fingerprint density at radius 3 is 2.89 bits per heavy atom. The lowest BCUT2D eigenvalue weighted by Crippen LogP contribution is -2.18. The van der Waals surface area contributed by atoms with Crippen LogP contribution in [0, 0.1) is 5.82 Å². The molecule has 0 saturated heterocycles. The van der Waals surface area contributed by atoms with Gasteiger partial charge < -0.3 is 5.11 Å². The van der Waals surface area contributed by atoms with Gasteiger partial charge in [-0.15, -0.1) is 5.10 Å². The summed E-state index contributed by atoms with van der Waals surface area (Å²) in [5, 5.41) is 19.6. The summed E-state index contributed by atoms with van der Waals surface area (Å²) in [6.45, 7) is 1.41. The van der Waals surface area contributed by atoms with Gasteiger partial charge in [-0.2, -0.15) is 0 Å². The standard InChI is InChI=1S/C10H8BrFN4O2/c1-5(10(17)18)16-9(13-14-15-16)8-6(11)3-2-4-7(8)12/h2-5H,1H3,(H,17,18). The summed E-state index contributed by atoms with van der Waals surface area (Å²) < 4.78 is 15.3. The highest BCUT2D eigenvalue weighted by atomic mass is 79.9. The molecule has 0 aliphatic rings. The van der Waals surface area contributed by atoms with Crippen LogP contribution in [-0.4, -0.2) is 31.3 Å². The number of nitrogens with zero attached hydrogens (tertiary/aromatic N) is 4. The quantitative estimate of drug-likeness (QED) is 0.935. The van der Waals surface area contributed by atoms with Crippen molar-refractivity contribution in [2.45, 2.75) is 13.0 Å². The number of aliphatic carboxylic acids is 1. The Labute approximate surface area is 110 Å². The fourth-order valence-corrected chi connectivity index (χ4v) is 1.95. The topological polar surface area (TPSA) is 80.9 Å². The van der Waals surface area contributed by atoms with Gasteiger partial charge in [0.15, 0.2) is 11.9 Å². The van der Waals surface area contributed by atoms with Gasteiger partial charge in [-0.25, -0.2) is 13.9 Å². The van der Waals surface area contributed by atoms with Gasteiger partial charge in [0.2, 0.25) is 0 Å². The first-order valence-corrected chi connectivity index (χ1v) is 5.76. The third-order valence-electron chi connectivity index (χ3n) is 2.40. The number of halogens is 2. The van der Waals surface area contributed by atoms with Crippen LogP contribution < -0.4 is 0 Å². The van der Waals surface area contributed by atoms with Crippen molar-refractivity contribution >= 4 is 21.9 Å². The van der Waals surface area contributed by atoms with Crippen molar-refractivity contribution in [3.8, 4) is 11.4 Å². The zero-order valence-electron chi connectivity index (χ0n) is 9.21. The Morgan fingerprint density at radius 2 is 2.28 bits per heavy atom. The summed E-state index contributed by atoms with van der Waals surface area (Å²) in [7, 11) is 0. The number of benzene rings is 1. The first-order chi connectivity index (χ1) is 8.52. The molecule has 1 atom stereocenters. The van der Waals surface area contributed by atoms with E-state index in [-0.39, 0.29) is 11.4 Å². The lowest BCUT2D eigenvalue weighted by atomic mass is 10.2. The molecule has 1 aromatic carbocycles. The van der Waals surface area contributed by atoms with E-state index in [1.165, 1.54) is 19.1 Å². The minimum absolute atomic E-state index is 0.0647. The molecule has 0 aliphatic carbocycles. The molecular weight excluding hydrogens is 307 g/mol. The van der Waals surface area contributed by atoms with E-state index in [1.807, 2.05) is 0 Å². The predicted octanol–water partition coefficient (Wildman–Crippen LogP) is 1.89. The van der Waals surface area contributed by atoms with Crippen LogP contribution in [-0.2, 0) is 4.79 Å². The Kier molecular flexibility index (Phi) is 3.37. The van der Waals surface area contributed by atoms with Gasteiger partial charge in [0.25, 0.3) is 0 Å². The number of carboxylic acid groups (broad SMARTS) is 1. The molecule has 0 bridgehead atoms. The molecule has 1 heterocycles. The summed E-state index contributed by atoms with van der Waals surface area (Å²) in [5.74, 6) is -1.57. The van der Waals surface area contributed by atoms with Gasteiger partial charge in [0.1, 0.15) is 5.82 Å². The van der Waals surface area contributed by atoms with Gasteiger partial charge in [0.05, 0.1) is 5.56 Å². The van der Waals surface area contributed by atoms with Crippen LogP contribution in [0.4, 0.5) is 4.39 Å². The van der Waals surface area contributed by atoms with E-state index < -0.39 is 17.8 Å². The van der Waals surface area contributed by atoms with Crippen LogP contribution >= 0.6 is 15.9 Å². The average Bonchev–Trinajstić information content (AvgIpc) is 2.76. The SMILES string of the molecule is CC(C(=O)O)n1nnnc1-c1c(F)cccc1Br. The molecule has 8 heteroatoms. The van der Waals surface area contributed by atoms with Crippen molar-refractivity contribution in [1.82, 2.24) is 20.2 Å². The normalized spacial score (nSPS) is 12.4. The monoisotopic (exact) mass is 314 g/mol. The fraction of sp³-hybridized carbons (Fsp3) is 0.200. The molecule has 0 amide bonds. The Morgan fingerprint density at radius 1 is 1.56 bits per heavy atom. The van der Waals surface area contributed by atoms with E-state index in [0.717, 1.165) is 4.68 Å².